The van der Waals surface area contributed by atoms with Crippen molar-refractivity contribution >= 4 is 0 Å². The van der Waals surface area contributed by atoms with E-state index in [9.17, 15) is 0 Å². The van der Waals surface area contributed by atoms with E-state index in [1.54, 1.807) is 0 Å². The van der Waals surface area contributed by atoms with Crippen LogP contribution in [0.2, 0.25) is 0 Å². The lowest BCUT2D eigenvalue weighted by Crippen LogP contribution is -1.97. The van der Waals surface area contributed by atoms with Crippen LogP contribution in [0.1, 0.15) is 49.1 Å². The molecular weight excluding hydrogens is 216 g/mol. The SMILES string of the molecule is CCCc1cc(CC(C)c2cc(C)no2)no1. The summed E-state index contributed by atoms with van der Waals surface area (Å²) in [7, 11) is 0. The van der Waals surface area contributed by atoms with Crippen LogP contribution < -0.4 is 0 Å². The van der Waals surface area contributed by atoms with Gasteiger partial charge in [-0.15, -0.1) is 0 Å². The number of aryl methyl sites for hydroxylation is 2. The molecule has 2 rings (SSSR count). The number of rotatable bonds is 5. The molecule has 0 aliphatic carbocycles. The monoisotopic (exact) mass is 234 g/mol. The summed E-state index contributed by atoms with van der Waals surface area (Å²) in [6.07, 6.45) is 2.84. The van der Waals surface area contributed by atoms with Crippen molar-refractivity contribution in [3.8, 4) is 0 Å². The highest BCUT2D eigenvalue weighted by atomic mass is 16.5. The van der Waals surface area contributed by atoms with Crippen molar-refractivity contribution < 1.29 is 9.05 Å². The predicted octanol–water partition coefficient (Wildman–Crippen LogP) is 3.27. The summed E-state index contributed by atoms with van der Waals surface area (Å²) in [5.74, 6) is 2.14. The smallest absolute Gasteiger partial charge is 0.140 e. The van der Waals surface area contributed by atoms with Gasteiger partial charge in [-0.25, -0.2) is 0 Å². The topological polar surface area (TPSA) is 52.1 Å². The maximum Gasteiger partial charge on any atom is 0.140 e. The molecule has 0 aliphatic heterocycles. The number of hydrogen-bond donors (Lipinski definition) is 0. The summed E-state index contributed by atoms with van der Waals surface area (Å²) in [5, 5.41) is 7.97. The molecule has 0 saturated carbocycles. The molecule has 0 saturated heterocycles. The summed E-state index contributed by atoms with van der Waals surface area (Å²) in [5.41, 5.74) is 1.90. The van der Waals surface area contributed by atoms with E-state index in [2.05, 4.69) is 24.2 Å². The van der Waals surface area contributed by atoms with Crippen molar-refractivity contribution in [3.05, 3.63) is 35.0 Å². The second kappa shape index (κ2) is 5.17. The van der Waals surface area contributed by atoms with Gasteiger partial charge in [-0.1, -0.05) is 24.2 Å². The Balaban J connectivity index is 1.99. The first-order valence-corrected chi connectivity index (χ1v) is 6.06. The van der Waals surface area contributed by atoms with Crippen LogP contribution >= 0.6 is 0 Å². The highest BCUT2D eigenvalue weighted by molar-refractivity contribution is 5.13. The van der Waals surface area contributed by atoms with Gasteiger partial charge in [0.2, 0.25) is 0 Å². The lowest BCUT2D eigenvalue weighted by Gasteiger charge is -2.03. The third-order valence-electron chi connectivity index (χ3n) is 2.75. The number of hydrogen-bond acceptors (Lipinski definition) is 4. The molecule has 0 aromatic carbocycles. The van der Waals surface area contributed by atoms with Crippen molar-refractivity contribution in [1.82, 2.24) is 10.3 Å². The highest BCUT2D eigenvalue weighted by Crippen LogP contribution is 2.21. The van der Waals surface area contributed by atoms with Crippen LogP contribution in [-0.4, -0.2) is 10.3 Å². The van der Waals surface area contributed by atoms with Crippen LogP contribution in [0, 0.1) is 6.92 Å². The van der Waals surface area contributed by atoms with Crippen LogP contribution in [-0.2, 0) is 12.8 Å². The van der Waals surface area contributed by atoms with Gasteiger partial charge < -0.3 is 9.05 Å². The molecule has 1 unspecified atom stereocenters. The lowest BCUT2D eigenvalue weighted by atomic mass is 10.0. The molecule has 2 aromatic rings. The summed E-state index contributed by atoms with van der Waals surface area (Å²) >= 11 is 0. The Morgan fingerprint density at radius 1 is 1.24 bits per heavy atom. The average molecular weight is 234 g/mol. The van der Waals surface area contributed by atoms with Crippen molar-refractivity contribution in [3.63, 3.8) is 0 Å². The molecule has 1 atom stereocenters. The Labute approximate surface area is 101 Å². The fourth-order valence-electron chi connectivity index (χ4n) is 1.85. The van der Waals surface area contributed by atoms with Gasteiger partial charge in [-0.2, -0.15) is 0 Å². The second-order valence-electron chi connectivity index (χ2n) is 4.51. The van der Waals surface area contributed by atoms with Crippen LogP contribution in [0.4, 0.5) is 0 Å². The van der Waals surface area contributed by atoms with E-state index in [0.29, 0.717) is 0 Å². The Hall–Kier alpha value is -1.58. The summed E-state index contributed by atoms with van der Waals surface area (Å²) in [6, 6.07) is 4.00. The fourth-order valence-corrected chi connectivity index (χ4v) is 1.85. The zero-order valence-corrected chi connectivity index (χ0v) is 10.6. The van der Waals surface area contributed by atoms with E-state index in [-0.39, 0.29) is 5.92 Å². The average Bonchev–Trinajstić information content (AvgIpc) is 2.88. The Kier molecular flexibility index (Phi) is 3.61. The molecule has 17 heavy (non-hydrogen) atoms. The van der Waals surface area contributed by atoms with Gasteiger partial charge in [0, 0.05) is 30.9 Å². The van der Waals surface area contributed by atoms with Crippen LogP contribution in [0.15, 0.2) is 21.2 Å². The highest BCUT2D eigenvalue weighted by Gasteiger charge is 2.14. The van der Waals surface area contributed by atoms with E-state index in [1.807, 2.05) is 19.1 Å². The van der Waals surface area contributed by atoms with E-state index in [0.717, 1.165) is 42.2 Å². The third-order valence-corrected chi connectivity index (χ3v) is 2.75. The van der Waals surface area contributed by atoms with Gasteiger partial charge in [0.05, 0.1) is 11.4 Å². The largest absolute Gasteiger partial charge is 0.361 e. The van der Waals surface area contributed by atoms with Crippen molar-refractivity contribution in [2.24, 2.45) is 0 Å². The van der Waals surface area contributed by atoms with Gasteiger partial charge in [-0.05, 0) is 13.3 Å². The number of nitrogens with zero attached hydrogens (tertiary/aromatic N) is 2. The Bertz CT molecular complexity index is 473. The summed E-state index contributed by atoms with van der Waals surface area (Å²) in [6.45, 7) is 6.16. The minimum absolute atomic E-state index is 0.274. The van der Waals surface area contributed by atoms with Gasteiger partial charge in [0.15, 0.2) is 0 Å². The van der Waals surface area contributed by atoms with Gasteiger partial charge in [-0.3, -0.25) is 0 Å². The molecule has 0 bridgehead atoms. The van der Waals surface area contributed by atoms with E-state index >= 15 is 0 Å². The molecule has 0 aliphatic rings. The van der Waals surface area contributed by atoms with Crippen molar-refractivity contribution in [1.29, 1.82) is 0 Å². The molecule has 0 radical (unpaired) electrons. The normalized spacial score (nSPS) is 12.9. The minimum atomic E-state index is 0.274. The molecule has 2 heterocycles. The maximum atomic E-state index is 5.25. The van der Waals surface area contributed by atoms with Gasteiger partial charge in [0.1, 0.15) is 11.5 Å². The second-order valence-corrected chi connectivity index (χ2v) is 4.51. The predicted molar refractivity (Wildman–Crippen MR) is 63.9 cm³/mol. The lowest BCUT2D eigenvalue weighted by molar-refractivity contribution is 0.353. The molecule has 4 heteroatoms. The fraction of sp³-hybridized carbons (Fsp3) is 0.538. The van der Waals surface area contributed by atoms with E-state index in [1.165, 1.54) is 0 Å². The minimum Gasteiger partial charge on any atom is -0.361 e. The molecule has 0 fully saturated rings. The Morgan fingerprint density at radius 3 is 2.71 bits per heavy atom. The molecule has 0 spiro atoms. The zero-order chi connectivity index (χ0) is 12.3. The molecule has 4 nitrogen and oxygen atoms in total. The van der Waals surface area contributed by atoms with Crippen LogP contribution in [0.3, 0.4) is 0 Å². The third kappa shape index (κ3) is 2.96. The van der Waals surface area contributed by atoms with Crippen LogP contribution in [0.25, 0.3) is 0 Å². The first-order chi connectivity index (χ1) is 8.19. The van der Waals surface area contributed by atoms with Gasteiger partial charge in [0.25, 0.3) is 0 Å². The standard InChI is InChI=1S/C13H18N2O2/c1-4-5-12-8-11(15-16-12)6-9(2)13-7-10(3)14-17-13/h7-9H,4-6H2,1-3H3. The maximum absolute atomic E-state index is 5.25. The molecule has 2 aromatic heterocycles. The molecule has 0 N–H and O–H groups in total. The molecule has 92 valence electrons. The molecule has 0 amide bonds. The summed E-state index contributed by atoms with van der Waals surface area (Å²) in [4.78, 5) is 0. The van der Waals surface area contributed by atoms with Crippen molar-refractivity contribution in [2.75, 3.05) is 0 Å². The Morgan fingerprint density at radius 2 is 2.06 bits per heavy atom. The molecular formula is C13H18N2O2. The summed E-state index contributed by atoms with van der Waals surface area (Å²) < 4.78 is 10.5. The quantitative estimate of drug-likeness (QED) is 0.796. The van der Waals surface area contributed by atoms with Crippen LogP contribution in [0.5, 0.6) is 0 Å². The van der Waals surface area contributed by atoms with E-state index in [4.69, 9.17) is 9.05 Å². The zero-order valence-electron chi connectivity index (χ0n) is 10.6. The number of aromatic nitrogens is 2. The van der Waals surface area contributed by atoms with Gasteiger partial charge >= 0.3 is 0 Å². The van der Waals surface area contributed by atoms with E-state index < -0.39 is 0 Å². The first-order valence-electron chi connectivity index (χ1n) is 6.06. The van der Waals surface area contributed by atoms with Crippen molar-refractivity contribution in [2.45, 2.75) is 46.0 Å². The first kappa shape index (κ1) is 11.9.